The number of carbonyl (C=O) groups is 2. The predicted molar refractivity (Wildman–Crippen MR) is 54.0 cm³/mol. The molecule has 0 atom stereocenters. The Morgan fingerprint density at radius 3 is 2.50 bits per heavy atom. The topological polar surface area (TPSA) is 122 Å². The second-order valence-corrected chi connectivity index (χ2v) is 4.22. The Hall–Kier alpha value is -1.35. The van der Waals surface area contributed by atoms with Gasteiger partial charge in [-0.1, -0.05) is 0 Å². The summed E-state index contributed by atoms with van der Waals surface area (Å²) in [5.74, 6) is -1.02. The van der Waals surface area contributed by atoms with Gasteiger partial charge in [-0.05, 0) is 13.3 Å². The van der Waals surface area contributed by atoms with Gasteiger partial charge in [-0.2, -0.15) is 13.1 Å². The van der Waals surface area contributed by atoms with E-state index < -0.39 is 22.3 Å². The number of hydrogen-bond donors (Lipinski definition) is 3. The maximum Gasteiger partial charge on any atom is 0.421 e. The Kier molecular flexibility index (Phi) is 6.42. The van der Waals surface area contributed by atoms with E-state index in [-0.39, 0.29) is 26.0 Å². The number of carbonyl (C=O) groups excluding carboxylic acids is 1. The molecule has 0 aromatic rings. The van der Waals surface area contributed by atoms with Crippen molar-refractivity contribution in [3.8, 4) is 0 Å². The van der Waals surface area contributed by atoms with Crippen molar-refractivity contribution in [2.24, 2.45) is 0 Å². The van der Waals surface area contributed by atoms with Crippen LogP contribution in [0, 0.1) is 0 Å². The van der Waals surface area contributed by atoms with Crippen LogP contribution in [-0.4, -0.2) is 38.7 Å². The minimum atomic E-state index is -3.97. The van der Waals surface area contributed by atoms with Gasteiger partial charge >= 0.3 is 22.3 Å². The lowest BCUT2D eigenvalue weighted by molar-refractivity contribution is -0.137. The van der Waals surface area contributed by atoms with E-state index in [2.05, 4.69) is 4.74 Å². The molecule has 0 saturated carbocycles. The van der Waals surface area contributed by atoms with Crippen molar-refractivity contribution in [2.75, 3.05) is 13.2 Å². The molecule has 0 fully saturated rings. The van der Waals surface area contributed by atoms with Crippen molar-refractivity contribution in [1.82, 2.24) is 9.44 Å². The molecule has 8 nitrogen and oxygen atoms in total. The highest BCUT2D eigenvalue weighted by Gasteiger charge is 2.13. The molecule has 0 aromatic heterocycles. The average molecular weight is 254 g/mol. The molecule has 0 rings (SSSR count). The molecule has 0 heterocycles. The van der Waals surface area contributed by atoms with Gasteiger partial charge in [0.05, 0.1) is 6.61 Å². The van der Waals surface area contributed by atoms with Gasteiger partial charge in [0.25, 0.3) is 0 Å². The summed E-state index contributed by atoms with van der Waals surface area (Å²) < 4.78 is 30.1. The van der Waals surface area contributed by atoms with E-state index in [4.69, 9.17) is 5.11 Å². The maximum absolute atomic E-state index is 11.1. The molecule has 0 saturated heterocycles. The van der Waals surface area contributed by atoms with Crippen LogP contribution < -0.4 is 9.44 Å². The number of amides is 1. The van der Waals surface area contributed by atoms with Gasteiger partial charge < -0.3 is 9.84 Å². The minimum Gasteiger partial charge on any atom is -0.481 e. The lowest BCUT2D eigenvalue weighted by Crippen LogP contribution is -2.40. The van der Waals surface area contributed by atoms with E-state index >= 15 is 0 Å². The molecule has 0 bridgehead atoms. The fourth-order valence-corrected chi connectivity index (χ4v) is 1.52. The number of hydrogen-bond acceptors (Lipinski definition) is 5. The van der Waals surface area contributed by atoms with Crippen LogP contribution in [0.15, 0.2) is 0 Å². The smallest absolute Gasteiger partial charge is 0.421 e. The van der Waals surface area contributed by atoms with Crippen molar-refractivity contribution < 1.29 is 27.9 Å². The third-order valence-electron chi connectivity index (χ3n) is 1.35. The zero-order valence-corrected chi connectivity index (χ0v) is 9.54. The van der Waals surface area contributed by atoms with E-state index in [0.29, 0.717) is 0 Å². The SMILES string of the molecule is CCOC(=O)NS(=O)(=O)NCCCC(=O)O. The number of aliphatic carboxylic acids is 1. The maximum atomic E-state index is 11.1. The molecule has 0 aliphatic heterocycles. The van der Waals surface area contributed by atoms with Crippen molar-refractivity contribution in [3.63, 3.8) is 0 Å². The lowest BCUT2D eigenvalue weighted by Gasteiger charge is -2.07. The molecule has 0 aliphatic rings. The summed E-state index contributed by atoms with van der Waals surface area (Å²) in [5, 5.41) is 8.29. The number of carboxylic acid groups (broad SMARTS) is 1. The van der Waals surface area contributed by atoms with Crippen LogP contribution >= 0.6 is 0 Å². The molecule has 0 aromatic carbocycles. The van der Waals surface area contributed by atoms with Gasteiger partial charge in [0.1, 0.15) is 0 Å². The first-order valence-corrected chi connectivity index (χ1v) is 6.01. The Morgan fingerprint density at radius 1 is 1.38 bits per heavy atom. The van der Waals surface area contributed by atoms with Gasteiger partial charge in [0, 0.05) is 13.0 Å². The predicted octanol–water partition coefficient (Wildman–Crippen LogP) is -0.568. The highest BCUT2D eigenvalue weighted by Crippen LogP contribution is 1.88. The second kappa shape index (κ2) is 7.01. The summed E-state index contributed by atoms with van der Waals surface area (Å²) in [5.41, 5.74) is 0. The largest absolute Gasteiger partial charge is 0.481 e. The summed E-state index contributed by atoms with van der Waals surface area (Å²) in [7, 11) is -3.97. The van der Waals surface area contributed by atoms with Crippen molar-refractivity contribution >= 4 is 22.3 Å². The van der Waals surface area contributed by atoms with Crippen LogP contribution in [0.25, 0.3) is 0 Å². The summed E-state index contributed by atoms with van der Waals surface area (Å²) in [6, 6.07) is 0. The first-order valence-electron chi connectivity index (χ1n) is 4.53. The normalized spacial score (nSPS) is 10.8. The van der Waals surface area contributed by atoms with Gasteiger partial charge in [-0.15, -0.1) is 0 Å². The van der Waals surface area contributed by atoms with E-state index in [9.17, 15) is 18.0 Å². The minimum absolute atomic E-state index is 0.0559. The van der Waals surface area contributed by atoms with Crippen LogP contribution in [0.1, 0.15) is 19.8 Å². The summed E-state index contributed by atoms with van der Waals surface area (Å²) in [6.07, 6.45) is -1.09. The summed E-state index contributed by atoms with van der Waals surface area (Å²) in [6.45, 7) is 1.52. The monoisotopic (exact) mass is 254 g/mol. The standard InChI is InChI=1S/C7H14N2O6S/c1-2-15-7(12)9-16(13,14)8-5-3-4-6(10)11/h8H,2-5H2,1H3,(H,9,12)(H,10,11). The van der Waals surface area contributed by atoms with Crippen LogP contribution in [0.5, 0.6) is 0 Å². The van der Waals surface area contributed by atoms with E-state index in [1.54, 1.807) is 4.72 Å². The Labute approximate surface area is 93.2 Å². The van der Waals surface area contributed by atoms with Crippen LogP contribution in [0.3, 0.4) is 0 Å². The number of nitrogens with one attached hydrogen (secondary N) is 2. The molecule has 94 valence electrons. The van der Waals surface area contributed by atoms with Crippen LogP contribution in [0.2, 0.25) is 0 Å². The van der Waals surface area contributed by atoms with Gasteiger partial charge in [0.15, 0.2) is 0 Å². The Bertz CT molecular complexity index is 339. The highest BCUT2D eigenvalue weighted by molar-refractivity contribution is 7.88. The second-order valence-electron chi connectivity index (χ2n) is 2.72. The molecule has 3 N–H and O–H groups in total. The van der Waals surface area contributed by atoms with Gasteiger partial charge in [-0.3, -0.25) is 4.79 Å². The first kappa shape index (κ1) is 14.6. The average Bonchev–Trinajstić information content (AvgIpc) is 2.11. The number of rotatable bonds is 7. The number of ether oxygens (including phenoxy) is 1. The summed E-state index contributed by atoms with van der Waals surface area (Å²) >= 11 is 0. The van der Waals surface area contributed by atoms with E-state index in [0.717, 1.165) is 0 Å². The molecule has 9 heteroatoms. The Morgan fingerprint density at radius 2 is 2.00 bits per heavy atom. The molecule has 0 radical (unpaired) electrons. The van der Waals surface area contributed by atoms with Crippen LogP contribution in [-0.2, 0) is 19.7 Å². The fraction of sp³-hybridized carbons (Fsp3) is 0.714. The molecule has 16 heavy (non-hydrogen) atoms. The molecule has 0 spiro atoms. The Balaban J connectivity index is 3.87. The molecule has 0 aliphatic carbocycles. The lowest BCUT2D eigenvalue weighted by atomic mass is 10.3. The zero-order valence-electron chi connectivity index (χ0n) is 8.73. The van der Waals surface area contributed by atoms with Gasteiger partial charge in [-0.25, -0.2) is 9.52 Å². The molecular formula is C7H14N2O6S. The third-order valence-corrected chi connectivity index (χ3v) is 2.37. The quantitative estimate of drug-likeness (QED) is 0.523. The molecular weight excluding hydrogens is 240 g/mol. The zero-order chi connectivity index (χ0) is 12.6. The molecule has 0 unspecified atom stereocenters. The molecule has 1 amide bonds. The van der Waals surface area contributed by atoms with Crippen molar-refractivity contribution in [1.29, 1.82) is 0 Å². The summed E-state index contributed by atoms with van der Waals surface area (Å²) in [4.78, 5) is 20.9. The number of carboxylic acids is 1. The van der Waals surface area contributed by atoms with E-state index in [1.807, 2.05) is 4.72 Å². The highest BCUT2D eigenvalue weighted by atomic mass is 32.2. The van der Waals surface area contributed by atoms with Gasteiger partial charge in [0.2, 0.25) is 0 Å². The first-order chi connectivity index (χ1) is 7.37. The fourth-order valence-electron chi connectivity index (χ4n) is 0.752. The third kappa shape index (κ3) is 8.00. The van der Waals surface area contributed by atoms with E-state index in [1.165, 1.54) is 6.92 Å². The van der Waals surface area contributed by atoms with Crippen molar-refractivity contribution in [3.05, 3.63) is 0 Å². The van der Waals surface area contributed by atoms with Crippen LogP contribution in [0.4, 0.5) is 4.79 Å². The van der Waals surface area contributed by atoms with Crippen molar-refractivity contribution in [2.45, 2.75) is 19.8 Å².